The molecule has 1 aromatic heterocycles. The third kappa shape index (κ3) is 3.01. The molecule has 2 rings (SSSR count). The number of nitrogens with zero attached hydrogens (tertiary/aromatic N) is 1. The number of nitrogen functional groups attached to an aromatic ring is 1. The van der Waals surface area contributed by atoms with Gasteiger partial charge in [-0.3, -0.25) is 4.79 Å². The molecule has 3 N–H and O–H groups in total. The summed E-state index contributed by atoms with van der Waals surface area (Å²) in [6.07, 6.45) is 1.99. The van der Waals surface area contributed by atoms with Gasteiger partial charge in [-0.15, -0.1) is 11.8 Å². The molecular formula is C13H13N3OS. The minimum Gasteiger partial charge on any atom is -0.384 e. The summed E-state index contributed by atoms with van der Waals surface area (Å²) < 4.78 is 0. The maximum absolute atomic E-state index is 11.9. The smallest absolute Gasteiger partial charge is 0.274 e. The van der Waals surface area contributed by atoms with Gasteiger partial charge in [0.2, 0.25) is 0 Å². The number of hydrogen-bond donors (Lipinski definition) is 2. The molecule has 0 saturated carbocycles. The van der Waals surface area contributed by atoms with E-state index in [2.05, 4.69) is 10.3 Å². The first-order chi connectivity index (χ1) is 8.69. The molecule has 0 fully saturated rings. The van der Waals surface area contributed by atoms with E-state index in [1.807, 2.05) is 30.5 Å². The zero-order valence-electron chi connectivity index (χ0n) is 9.88. The first kappa shape index (κ1) is 12.4. The molecule has 18 heavy (non-hydrogen) atoms. The average molecular weight is 259 g/mol. The predicted molar refractivity (Wildman–Crippen MR) is 74.8 cm³/mol. The lowest BCUT2D eigenvalue weighted by Crippen LogP contribution is -2.14. The zero-order valence-corrected chi connectivity index (χ0v) is 10.7. The number of pyridine rings is 1. The number of benzene rings is 1. The minimum atomic E-state index is -0.263. The number of amides is 1. The van der Waals surface area contributed by atoms with E-state index in [1.165, 1.54) is 0 Å². The van der Waals surface area contributed by atoms with E-state index in [9.17, 15) is 4.79 Å². The van der Waals surface area contributed by atoms with Crippen molar-refractivity contribution >= 4 is 29.2 Å². The maximum Gasteiger partial charge on any atom is 0.274 e. The second kappa shape index (κ2) is 5.55. The van der Waals surface area contributed by atoms with Crippen LogP contribution >= 0.6 is 11.8 Å². The van der Waals surface area contributed by atoms with Crippen LogP contribution in [0.15, 0.2) is 47.4 Å². The van der Waals surface area contributed by atoms with E-state index in [4.69, 9.17) is 5.73 Å². The fraction of sp³-hybridized carbons (Fsp3) is 0.0769. The monoisotopic (exact) mass is 259 g/mol. The van der Waals surface area contributed by atoms with Gasteiger partial charge in [0, 0.05) is 10.6 Å². The normalized spacial score (nSPS) is 10.1. The Labute approximate surface area is 110 Å². The summed E-state index contributed by atoms with van der Waals surface area (Å²) in [5.74, 6) is 0.0704. The molecule has 1 heterocycles. The Hall–Kier alpha value is -2.01. The molecule has 0 radical (unpaired) electrons. The van der Waals surface area contributed by atoms with Crippen LogP contribution in [-0.4, -0.2) is 17.1 Å². The van der Waals surface area contributed by atoms with Crippen LogP contribution in [0, 0.1) is 0 Å². The van der Waals surface area contributed by atoms with Gasteiger partial charge in [0.1, 0.15) is 11.5 Å². The summed E-state index contributed by atoms with van der Waals surface area (Å²) in [5, 5.41) is 2.79. The molecule has 4 nitrogen and oxygen atoms in total. The van der Waals surface area contributed by atoms with Crippen molar-refractivity contribution in [3.63, 3.8) is 0 Å². The summed E-state index contributed by atoms with van der Waals surface area (Å²) in [7, 11) is 0. The van der Waals surface area contributed by atoms with E-state index in [0.717, 1.165) is 10.6 Å². The molecule has 0 aliphatic rings. The number of carbonyl (C=O) groups is 1. The van der Waals surface area contributed by atoms with Gasteiger partial charge in [-0.25, -0.2) is 4.98 Å². The van der Waals surface area contributed by atoms with Gasteiger partial charge in [-0.2, -0.15) is 0 Å². The summed E-state index contributed by atoms with van der Waals surface area (Å²) in [6.45, 7) is 0. The van der Waals surface area contributed by atoms with Crippen LogP contribution in [0.4, 0.5) is 11.5 Å². The summed E-state index contributed by atoms with van der Waals surface area (Å²) in [5.41, 5.74) is 6.60. The van der Waals surface area contributed by atoms with Crippen molar-refractivity contribution in [3.8, 4) is 0 Å². The largest absolute Gasteiger partial charge is 0.384 e. The topological polar surface area (TPSA) is 68.0 Å². The Morgan fingerprint density at radius 3 is 2.78 bits per heavy atom. The summed E-state index contributed by atoms with van der Waals surface area (Å²) in [6, 6.07) is 12.6. The molecule has 1 amide bonds. The van der Waals surface area contributed by atoms with E-state index in [-0.39, 0.29) is 5.91 Å². The molecule has 0 aliphatic carbocycles. The van der Waals surface area contributed by atoms with Crippen molar-refractivity contribution in [2.75, 3.05) is 17.3 Å². The van der Waals surface area contributed by atoms with Crippen LogP contribution in [-0.2, 0) is 0 Å². The Morgan fingerprint density at radius 2 is 2.06 bits per heavy atom. The quantitative estimate of drug-likeness (QED) is 0.831. The number of anilines is 2. The third-order valence-corrected chi connectivity index (χ3v) is 3.06. The van der Waals surface area contributed by atoms with Gasteiger partial charge in [-0.1, -0.05) is 12.1 Å². The molecule has 0 spiro atoms. The van der Waals surface area contributed by atoms with Crippen molar-refractivity contribution < 1.29 is 4.79 Å². The average Bonchev–Trinajstić information content (AvgIpc) is 2.39. The van der Waals surface area contributed by atoms with Crippen LogP contribution in [0.3, 0.4) is 0 Å². The van der Waals surface area contributed by atoms with Crippen molar-refractivity contribution in [2.45, 2.75) is 4.90 Å². The van der Waals surface area contributed by atoms with Crippen molar-refractivity contribution in [1.82, 2.24) is 4.98 Å². The van der Waals surface area contributed by atoms with Gasteiger partial charge in [0.05, 0.1) is 0 Å². The number of carbonyl (C=O) groups excluding carboxylic acids is 1. The summed E-state index contributed by atoms with van der Waals surface area (Å²) >= 11 is 1.62. The van der Waals surface area contributed by atoms with Crippen LogP contribution in [0.25, 0.3) is 0 Å². The zero-order chi connectivity index (χ0) is 13.0. The number of nitrogens with one attached hydrogen (secondary N) is 1. The first-order valence-corrected chi connectivity index (χ1v) is 6.59. The Kier molecular flexibility index (Phi) is 3.84. The molecule has 0 atom stereocenters. The second-order valence-corrected chi connectivity index (χ2v) is 4.51. The van der Waals surface area contributed by atoms with Crippen molar-refractivity contribution in [2.24, 2.45) is 0 Å². The van der Waals surface area contributed by atoms with Crippen LogP contribution < -0.4 is 11.1 Å². The van der Waals surface area contributed by atoms with Crippen molar-refractivity contribution in [1.29, 1.82) is 0 Å². The van der Waals surface area contributed by atoms with E-state index in [0.29, 0.717) is 11.5 Å². The molecule has 0 aliphatic heterocycles. The molecule has 5 heteroatoms. The lowest BCUT2D eigenvalue weighted by Gasteiger charge is -2.06. The molecule has 2 aromatic rings. The third-order valence-electron chi connectivity index (χ3n) is 2.33. The Bertz CT molecular complexity index is 572. The Balaban J connectivity index is 2.16. The predicted octanol–water partition coefficient (Wildman–Crippen LogP) is 2.64. The summed E-state index contributed by atoms with van der Waals surface area (Å²) in [4.78, 5) is 17.0. The van der Waals surface area contributed by atoms with Crippen LogP contribution in [0.1, 0.15) is 10.5 Å². The highest BCUT2D eigenvalue weighted by atomic mass is 32.2. The van der Waals surface area contributed by atoms with E-state index in [1.54, 1.807) is 30.0 Å². The maximum atomic E-state index is 11.9. The molecule has 0 saturated heterocycles. The Morgan fingerprint density at radius 1 is 1.28 bits per heavy atom. The highest BCUT2D eigenvalue weighted by Crippen LogP contribution is 2.19. The second-order valence-electron chi connectivity index (χ2n) is 3.63. The van der Waals surface area contributed by atoms with Crippen molar-refractivity contribution in [3.05, 3.63) is 48.2 Å². The number of aromatic nitrogens is 1. The van der Waals surface area contributed by atoms with Crippen LogP contribution in [0.5, 0.6) is 0 Å². The number of thioether (sulfide) groups is 1. The molecular weight excluding hydrogens is 246 g/mol. The fourth-order valence-corrected chi connectivity index (χ4v) is 1.93. The number of nitrogens with two attached hydrogens (primary N) is 1. The standard InChI is InChI=1S/C13H13N3OS/c1-18-10-5-2-4-9(8-10)15-13(17)11-6-3-7-12(14)16-11/h2-8H,1H3,(H2,14,16)(H,15,17). The molecule has 1 aromatic carbocycles. The van der Waals surface area contributed by atoms with Gasteiger partial charge in [-0.05, 0) is 36.6 Å². The lowest BCUT2D eigenvalue weighted by molar-refractivity contribution is 0.102. The van der Waals surface area contributed by atoms with Gasteiger partial charge in [0.25, 0.3) is 5.91 Å². The van der Waals surface area contributed by atoms with Crippen LogP contribution in [0.2, 0.25) is 0 Å². The fourth-order valence-electron chi connectivity index (χ4n) is 1.47. The highest BCUT2D eigenvalue weighted by Gasteiger charge is 2.07. The number of hydrogen-bond acceptors (Lipinski definition) is 4. The molecule has 0 bridgehead atoms. The molecule has 92 valence electrons. The highest BCUT2D eigenvalue weighted by molar-refractivity contribution is 7.98. The van der Waals surface area contributed by atoms with Gasteiger partial charge >= 0.3 is 0 Å². The van der Waals surface area contributed by atoms with E-state index < -0.39 is 0 Å². The first-order valence-electron chi connectivity index (χ1n) is 5.37. The number of rotatable bonds is 3. The van der Waals surface area contributed by atoms with Gasteiger partial charge < -0.3 is 11.1 Å². The SMILES string of the molecule is CSc1cccc(NC(=O)c2cccc(N)n2)c1. The molecule has 0 unspecified atom stereocenters. The minimum absolute atomic E-state index is 0.263. The lowest BCUT2D eigenvalue weighted by atomic mass is 10.3. The van der Waals surface area contributed by atoms with E-state index >= 15 is 0 Å². The van der Waals surface area contributed by atoms with Gasteiger partial charge in [0.15, 0.2) is 0 Å².